The van der Waals surface area contributed by atoms with Crippen LogP contribution in [0.1, 0.15) is 144 Å². The molecule has 83 heavy (non-hydrogen) atoms. The van der Waals surface area contributed by atoms with Crippen LogP contribution in [0, 0.1) is 39.4 Å². The van der Waals surface area contributed by atoms with Crippen molar-refractivity contribution in [1.29, 1.82) is 0 Å². The first kappa shape index (κ1) is 65.1. The molecule has 2 aromatic rings. The van der Waals surface area contributed by atoms with Crippen LogP contribution in [0.25, 0.3) is 0 Å². The van der Waals surface area contributed by atoms with E-state index in [2.05, 4.69) is 6.58 Å². The molecular formula is C64H86O19. The number of esters is 4. The summed E-state index contributed by atoms with van der Waals surface area (Å²) in [5, 5.41) is 82.3. The van der Waals surface area contributed by atoms with Crippen molar-refractivity contribution < 1.29 is 92.9 Å². The Labute approximate surface area is 486 Å². The summed E-state index contributed by atoms with van der Waals surface area (Å²) in [6.07, 6.45) is -12.0. The van der Waals surface area contributed by atoms with Crippen molar-refractivity contribution in [2.45, 2.75) is 200 Å². The van der Waals surface area contributed by atoms with Gasteiger partial charge in [-0.2, -0.15) is 0 Å². The molecule has 4 bridgehead atoms. The zero-order chi connectivity index (χ0) is 61.0. The number of carbonyl (C=O) groups is 6. The van der Waals surface area contributed by atoms with Crippen LogP contribution < -0.4 is 0 Å². The van der Waals surface area contributed by atoms with Crippen molar-refractivity contribution in [1.82, 2.24) is 0 Å². The van der Waals surface area contributed by atoms with E-state index in [0.717, 1.165) is 0 Å². The fourth-order valence-corrected chi connectivity index (χ4v) is 15.8. The molecule has 0 aromatic heterocycles. The number of Topliss-reactive ketones (excluding diaryl/α,β-unsaturated/α-hetero) is 2. The maximum Gasteiger partial charge on any atom is 0.338 e. The molecule has 19 nitrogen and oxygen atoms in total. The van der Waals surface area contributed by atoms with Crippen molar-refractivity contribution in [3.05, 3.63) is 106 Å². The number of ether oxygens (including phenoxy) is 6. The predicted molar refractivity (Wildman–Crippen MR) is 301 cm³/mol. The highest BCUT2D eigenvalue weighted by molar-refractivity contribution is 5.95. The van der Waals surface area contributed by atoms with Gasteiger partial charge in [0.05, 0.1) is 71.4 Å². The number of allylic oxidation sites excluding steroid dienone is 1. The number of rotatable bonds is 6. The third-order valence-corrected chi connectivity index (χ3v) is 20.2. The highest BCUT2D eigenvalue weighted by atomic mass is 16.6. The van der Waals surface area contributed by atoms with Gasteiger partial charge in [0.15, 0.2) is 17.0 Å². The van der Waals surface area contributed by atoms with Gasteiger partial charge in [0.2, 0.25) is 0 Å². The summed E-state index contributed by atoms with van der Waals surface area (Å²) in [5.41, 5.74) is -9.81. The molecule has 2 heterocycles. The SMILES string of the molecule is C.C=C(C)C.CC(=O)O[C@@]12CO[C@@H]1C[C@H](O)[C@@]1(C)C(=O)[C@H](C)C3=C(C)[C@@H](O)C[C@@](O)([C@@H](OC(=O)c4ccccc4)C12)C3(C)C.CC(=O)O[C@@]12CO[C@@H]1C[C@H](O)[C@@]1(C)C(=O)[C@H](O)C3=C(C)[C@@H](O)C[C@@](O)([C@@H](OC(=O)c4ccccc4)C12)C3(C)C. The Hall–Kier alpha value is -5.48. The first-order valence-electron chi connectivity index (χ1n) is 28.1. The minimum absolute atomic E-state index is 0. The zero-order valence-electron chi connectivity index (χ0n) is 49.2. The third-order valence-electron chi connectivity index (χ3n) is 20.2. The summed E-state index contributed by atoms with van der Waals surface area (Å²) in [6, 6.07) is 16.3. The molecule has 2 aromatic carbocycles. The topological polar surface area (TPSA) is 299 Å². The van der Waals surface area contributed by atoms with Crippen LogP contribution in [0.5, 0.6) is 0 Å². The minimum Gasteiger partial charge on any atom is -0.455 e. The predicted octanol–water partition coefficient (Wildman–Crippen LogP) is 5.66. The molecule has 0 radical (unpaired) electrons. The molecule has 0 spiro atoms. The molecule has 2 saturated heterocycles. The minimum atomic E-state index is -2.07. The Kier molecular flexibility index (Phi) is 17.6. The van der Waals surface area contributed by atoms with Gasteiger partial charge in [0.1, 0.15) is 47.5 Å². The highest BCUT2D eigenvalue weighted by Crippen LogP contribution is 2.66. The number of fused-ring (bicyclic) bond motifs is 10. The number of aliphatic hydroxyl groups excluding tert-OH is 5. The van der Waals surface area contributed by atoms with Gasteiger partial charge in [-0.3, -0.25) is 19.2 Å². The van der Waals surface area contributed by atoms with Crippen molar-refractivity contribution >= 4 is 35.4 Å². The summed E-state index contributed by atoms with van der Waals surface area (Å²) < 4.78 is 35.7. The molecular weight excluding hydrogens is 1070 g/mol. The fraction of sp³-hybridized carbons (Fsp3) is 0.625. The van der Waals surface area contributed by atoms with E-state index in [4.69, 9.17) is 28.4 Å². The number of ketones is 2. The van der Waals surface area contributed by atoms with Crippen molar-refractivity contribution in [2.75, 3.05) is 13.2 Å². The van der Waals surface area contributed by atoms with Crippen LogP contribution in [-0.2, 0) is 47.6 Å². The van der Waals surface area contributed by atoms with Crippen LogP contribution in [0.2, 0.25) is 0 Å². The molecule has 10 rings (SSSR count). The van der Waals surface area contributed by atoms with E-state index in [1.54, 1.807) is 104 Å². The quantitative estimate of drug-likeness (QED) is 0.104. The summed E-state index contributed by atoms with van der Waals surface area (Å²) in [6.45, 7) is 24.6. The summed E-state index contributed by atoms with van der Waals surface area (Å²) in [7, 11) is 0. The van der Waals surface area contributed by atoms with Gasteiger partial charge in [0, 0.05) is 56.3 Å². The average molecular weight is 1160 g/mol. The van der Waals surface area contributed by atoms with E-state index in [-0.39, 0.29) is 68.8 Å². The Balaban J connectivity index is 0.000000222. The van der Waals surface area contributed by atoms with Gasteiger partial charge in [-0.1, -0.05) is 84.0 Å². The Morgan fingerprint density at radius 1 is 0.578 bits per heavy atom. The molecule has 18 atom stereocenters. The molecule has 7 N–H and O–H groups in total. The van der Waals surface area contributed by atoms with Crippen LogP contribution in [-0.4, -0.2) is 162 Å². The second kappa shape index (κ2) is 22.4. The van der Waals surface area contributed by atoms with Crippen molar-refractivity contribution in [2.24, 2.45) is 39.4 Å². The number of benzene rings is 2. The van der Waals surface area contributed by atoms with Gasteiger partial charge < -0.3 is 64.2 Å². The zero-order valence-corrected chi connectivity index (χ0v) is 49.2. The Morgan fingerprint density at radius 3 is 1.25 bits per heavy atom. The smallest absolute Gasteiger partial charge is 0.338 e. The first-order chi connectivity index (χ1) is 38.0. The number of hydrogen-bond acceptors (Lipinski definition) is 19. The van der Waals surface area contributed by atoms with E-state index in [1.807, 2.05) is 13.8 Å². The van der Waals surface area contributed by atoms with Gasteiger partial charge in [0.25, 0.3) is 0 Å². The molecule has 8 aliphatic rings. The van der Waals surface area contributed by atoms with Gasteiger partial charge in [-0.05, 0) is 88.1 Å². The molecule has 2 aliphatic heterocycles. The van der Waals surface area contributed by atoms with Gasteiger partial charge in [-0.15, -0.1) is 6.58 Å². The lowest BCUT2D eigenvalue weighted by atomic mass is 9.43. The van der Waals surface area contributed by atoms with Crippen molar-refractivity contribution in [3.63, 3.8) is 0 Å². The van der Waals surface area contributed by atoms with E-state index < -0.39 is 146 Å². The molecule has 0 amide bonds. The standard InChI is InChI=1S/C30H38O9.C29H36O10.C4H8.CH4/c1-15-19(32)13-30(36)25(38-26(35)18-10-8-7-9-11-18)23-28(6,24(34)16(2)22(15)27(30,4)5)20(33)12-21-29(23,14-37-21)39-17(3)31;1-14-17(31)12-29(36)24(38-25(35)16-9-7-6-8-10-16)22-27(5,23(34)21(33)20(14)26(29,3)4)18(32)11-19-28(22,13-37-19)39-15(2)30;1-4(2)3;/h7-11,16,19-21,23,25,32-33,36H,12-14H2,1-6H3;6-10,17-19,21-22,24,31-33,36H,11-13H2,1-5H3;1H2,2-3H3;1H4/t16-,19+,20+,21-,23?,25+,28-,29+,30-;17-,18-,19+,21+,22?,24-,27+,28-,29+;;/m10../s1. The van der Waals surface area contributed by atoms with Crippen LogP contribution in [0.15, 0.2) is 95.1 Å². The maximum atomic E-state index is 14.5. The second-order valence-electron chi connectivity index (χ2n) is 25.9. The maximum absolute atomic E-state index is 14.5. The van der Waals surface area contributed by atoms with Crippen LogP contribution in [0.4, 0.5) is 0 Å². The molecule has 6 aliphatic carbocycles. The summed E-state index contributed by atoms with van der Waals surface area (Å²) in [5.74, 6) is -7.27. The average Bonchev–Trinajstić information content (AvgIpc) is 0.713. The van der Waals surface area contributed by atoms with Gasteiger partial charge >= 0.3 is 23.9 Å². The first-order valence-corrected chi connectivity index (χ1v) is 28.1. The normalized spacial score (nSPS) is 40.5. The molecule has 6 fully saturated rings. The molecule has 4 saturated carbocycles. The third kappa shape index (κ3) is 9.77. The molecule has 456 valence electrons. The number of hydrogen-bond donors (Lipinski definition) is 7. The number of aliphatic hydroxyl groups is 7. The second-order valence-corrected chi connectivity index (χ2v) is 25.9. The summed E-state index contributed by atoms with van der Waals surface area (Å²) >= 11 is 0. The highest BCUT2D eigenvalue weighted by Gasteiger charge is 2.80. The lowest BCUT2D eigenvalue weighted by molar-refractivity contribution is -0.345. The van der Waals surface area contributed by atoms with Crippen LogP contribution >= 0.6 is 0 Å². The van der Waals surface area contributed by atoms with E-state index in [1.165, 1.54) is 38.5 Å². The van der Waals surface area contributed by atoms with E-state index in [9.17, 15) is 64.5 Å². The molecule has 19 heteroatoms. The van der Waals surface area contributed by atoms with Crippen LogP contribution in [0.3, 0.4) is 0 Å². The van der Waals surface area contributed by atoms with E-state index in [0.29, 0.717) is 16.7 Å². The largest absolute Gasteiger partial charge is 0.455 e. The lowest BCUT2D eigenvalue weighted by Gasteiger charge is -2.67. The molecule has 2 unspecified atom stereocenters. The number of carbonyl (C=O) groups excluding carboxylic acids is 6. The van der Waals surface area contributed by atoms with Crippen molar-refractivity contribution in [3.8, 4) is 0 Å². The lowest BCUT2D eigenvalue weighted by Crippen LogP contribution is -2.81. The Bertz CT molecular complexity index is 2770. The summed E-state index contributed by atoms with van der Waals surface area (Å²) in [4.78, 5) is 80.9. The van der Waals surface area contributed by atoms with E-state index >= 15 is 0 Å². The van der Waals surface area contributed by atoms with Gasteiger partial charge in [-0.25, -0.2) is 9.59 Å². The monoisotopic (exact) mass is 1160 g/mol. The fourth-order valence-electron chi connectivity index (χ4n) is 15.8. The Morgan fingerprint density at radius 2 is 0.916 bits per heavy atom.